The maximum Gasteiger partial charge on any atom is 0.0739 e. The first-order chi connectivity index (χ1) is 7.68. The first-order valence-electron chi connectivity index (χ1n) is 6.35. The average Bonchev–Trinajstić information content (AvgIpc) is 2.65. The molecule has 0 spiro atoms. The van der Waals surface area contributed by atoms with Crippen molar-refractivity contribution in [2.45, 2.75) is 37.5 Å². The summed E-state index contributed by atoms with van der Waals surface area (Å²) in [5.74, 6) is 0. The van der Waals surface area contributed by atoms with Gasteiger partial charge < -0.3 is 14.7 Å². The monoisotopic (exact) mass is 228 g/mol. The quantitative estimate of drug-likeness (QED) is 0.746. The van der Waals surface area contributed by atoms with Crippen molar-refractivity contribution in [1.82, 2.24) is 9.80 Å². The Morgan fingerprint density at radius 1 is 1.44 bits per heavy atom. The lowest BCUT2D eigenvalue weighted by atomic mass is 10.0. The molecule has 3 unspecified atom stereocenters. The number of hydrogen-bond donors (Lipinski definition) is 1. The molecular formula is C12H24N2O2. The van der Waals surface area contributed by atoms with Gasteiger partial charge in [0.25, 0.3) is 0 Å². The molecule has 1 N–H and O–H groups in total. The zero-order chi connectivity index (χ0) is 11.5. The number of ether oxygens (including phenoxy) is 1. The van der Waals surface area contributed by atoms with Crippen molar-refractivity contribution >= 4 is 0 Å². The van der Waals surface area contributed by atoms with Gasteiger partial charge >= 0.3 is 0 Å². The highest BCUT2D eigenvalue weighted by Crippen LogP contribution is 2.19. The van der Waals surface area contributed by atoms with E-state index < -0.39 is 0 Å². The summed E-state index contributed by atoms with van der Waals surface area (Å²) >= 11 is 0. The van der Waals surface area contributed by atoms with Crippen molar-refractivity contribution in [3.05, 3.63) is 0 Å². The molecule has 0 aromatic rings. The van der Waals surface area contributed by atoms with Gasteiger partial charge in [0, 0.05) is 19.2 Å². The van der Waals surface area contributed by atoms with Crippen LogP contribution in [-0.4, -0.2) is 73.5 Å². The molecule has 0 amide bonds. The van der Waals surface area contributed by atoms with Crippen LogP contribution in [0.25, 0.3) is 0 Å². The van der Waals surface area contributed by atoms with E-state index in [0.29, 0.717) is 19.3 Å². The molecule has 4 heteroatoms. The van der Waals surface area contributed by atoms with E-state index >= 15 is 0 Å². The molecule has 2 aliphatic heterocycles. The number of rotatable bonds is 3. The molecule has 2 saturated heterocycles. The molecule has 0 radical (unpaired) electrons. The summed E-state index contributed by atoms with van der Waals surface area (Å²) in [5.41, 5.74) is 0. The predicted molar refractivity (Wildman–Crippen MR) is 63.5 cm³/mol. The fourth-order valence-electron chi connectivity index (χ4n) is 2.81. The number of nitrogens with zero attached hydrogens (tertiary/aromatic N) is 2. The standard InChI is InChI=1S/C12H24N2O2/c1-13-6-3-4-10(13)8-14(2)11-9-16-7-5-12(11)15/h10-12,15H,3-9H2,1-2H3. The molecular weight excluding hydrogens is 204 g/mol. The van der Waals surface area contributed by atoms with Gasteiger partial charge in [-0.15, -0.1) is 0 Å². The third-order valence-electron chi connectivity index (χ3n) is 4.03. The lowest BCUT2D eigenvalue weighted by Crippen LogP contribution is -2.51. The van der Waals surface area contributed by atoms with E-state index in [-0.39, 0.29) is 12.1 Å². The van der Waals surface area contributed by atoms with E-state index in [1.54, 1.807) is 0 Å². The van der Waals surface area contributed by atoms with E-state index in [0.717, 1.165) is 13.0 Å². The minimum Gasteiger partial charge on any atom is -0.391 e. The maximum atomic E-state index is 9.94. The molecule has 0 aliphatic carbocycles. The number of hydrogen-bond acceptors (Lipinski definition) is 4. The van der Waals surface area contributed by atoms with Gasteiger partial charge in [-0.3, -0.25) is 4.90 Å². The minimum atomic E-state index is -0.217. The molecule has 16 heavy (non-hydrogen) atoms. The molecule has 2 heterocycles. The van der Waals surface area contributed by atoms with Crippen LogP contribution < -0.4 is 0 Å². The van der Waals surface area contributed by atoms with Gasteiger partial charge in [0.05, 0.1) is 18.8 Å². The fourth-order valence-corrected chi connectivity index (χ4v) is 2.81. The number of aliphatic hydroxyl groups is 1. The van der Waals surface area contributed by atoms with Crippen LogP contribution in [0.2, 0.25) is 0 Å². The van der Waals surface area contributed by atoms with Crippen molar-refractivity contribution in [2.75, 3.05) is 40.4 Å². The molecule has 0 aromatic carbocycles. The van der Waals surface area contributed by atoms with Crippen LogP contribution in [0, 0.1) is 0 Å². The summed E-state index contributed by atoms with van der Waals surface area (Å²) < 4.78 is 5.45. The second kappa shape index (κ2) is 5.45. The Labute approximate surface area is 98.2 Å². The van der Waals surface area contributed by atoms with Crippen LogP contribution in [0.4, 0.5) is 0 Å². The van der Waals surface area contributed by atoms with Crippen molar-refractivity contribution < 1.29 is 9.84 Å². The second-order valence-corrected chi connectivity index (χ2v) is 5.21. The van der Waals surface area contributed by atoms with Crippen molar-refractivity contribution in [1.29, 1.82) is 0 Å². The van der Waals surface area contributed by atoms with Gasteiger partial charge in [-0.1, -0.05) is 0 Å². The minimum absolute atomic E-state index is 0.183. The Bertz CT molecular complexity index is 225. The first kappa shape index (κ1) is 12.3. The molecule has 0 aromatic heterocycles. The Hall–Kier alpha value is -0.160. The smallest absolute Gasteiger partial charge is 0.0739 e. The van der Waals surface area contributed by atoms with Crippen molar-refractivity contribution in [3.63, 3.8) is 0 Å². The van der Waals surface area contributed by atoms with E-state index in [2.05, 4.69) is 23.9 Å². The summed E-state index contributed by atoms with van der Waals surface area (Å²) in [7, 11) is 4.30. The van der Waals surface area contributed by atoms with Crippen LogP contribution in [-0.2, 0) is 4.74 Å². The van der Waals surface area contributed by atoms with Crippen molar-refractivity contribution in [2.24, 2.45) is 0 Å². The van der Waals surface area contributed by atoms with E-state index in [1.807, 2.05) is 0 Å². The zero-order valence-electron chi connectivity index (χ0n) is 10.4. The second-order valence-electron chi connectivity index (χ2n) is 5.21. The molecule has 4 nitrogen and oxygen atoms in total. The van der Waals surface area contributed by atoms with Gasteiger partial charge in [-0.05, 0) is 39.9 Å². The van der Waals surface area contributed by atoms with E-state index in [4.69, 9.17) is 4.74 Å². The normalized spacial score (nSPS) is 37.1. The van der Waals surface area contributed by atoms with Gasteiger partial charge in [-0.25, -0.2) is 0 Å². The summed E-state index contributed by atoms with van der Waals surface area (Å²) in [4.78, 5) is 4.70. The van der Waals surface area contributed by atoms with E-state index in [1.165, 1.54) is 19.4 Å². The first-order valence-corrected chi connectivity index (χ1v) is 6.35. The summed E-state index contributed by atoms with van der Waals surface area (Å²) in [5, 5.41) is 9.94. The number of aliphatic hydroxyl groups excluding tert-OH is 1. The highest BCUT2D eigenvalue weighted by Gasteiger charge is 2.30. The third-order valence-corrected chi connectivity index (χ3v) is 4.03. The molecule has 3 atom stereocenters. The predicted octanol–water partition coefficient (Wildman–Crippen LogP) is 0.162. The molecule has 0 saturated carbocycles. The highest BCUT2D eigenvalue weighted by molar-refractivity contribution is 4.85. The van der Waals surface area contributed by atoms with Crippen LogP contribution in [0.5, 0.6) is 0 Å². The lowest BCUT2D eigenvalue weighted by Gasteiger charge is -2.37. The molecule has 94 valence electrons. The van der Waals surface area contributed by atoms with Crippen LogP contribution in [0.3, 0.4) is 0 Å². The Morgan fingerprint density at radius 2 is 2.25 bits per heavy atom. The topological polar surface area (TPSA) is 35.9 Å². The largest absolute Gasteiger partial charge is 0.391 e. The molecule has 2 aliphatic rings. The fraction of sp³-hybridized carbons (Fsp3) is 1.00. The Kier molecular flexibility index (Phi) is 4.19. The molecule has 0 bridgehead atoms. The average molecular weight is 228 g/mol. The molecule has 2 rings (SSSR count). The van der Waals surface area contributed by atoms with Gasteiger partial charge in [0.1, 0.15) is 0 Å². The third kappa shape index (κ3) is 2.74. The van der Waals surface area contributed by atoms with Gasteiger partial charge in [0.15, 0.2) is 0 Å². The lowest BCUT2D eigenvalue weighted by molar-refractivity contribution is -0.0576. The highest BCUT2D eigenvalue weighted by atomic mass is 16.5. The van der Waals surface area contributed by atoms with Crippen LogP contribution in [0.1, 0.15) is 19.3 Å². The summed E-state index contributed by atoms with van der Waals surface area (Å²) in [6.45, 7) is 3.63. The zero-order valence-corrected chi connectivity index (χ0v) is 10.4. The number of likely N-dealkylation sites (tertiary alicyclic amines) is 1. The molecule has 2 fully saturated rings. The van der Waals surface area contributed by atoms with Gasteiger partial charge in [-0.2, -0.15) is 0 Å². The Balaban J connectivity index is 1.84. The Morgan fingerprint density at radius 3 is 2.88 bits per heavy atom. The van der Waals surface area contributed by atoms with E-state index in [9.17, 15) is 5.11 Å². The maximum absolute atomic E-state index is 9.94. The summed E-state index contributed by atoms with van der Waals surface area (Å²) in [6.07, 6.45) is 3.14. The van der Waals surface area contributed by atoms with Crippen LogP contribution in [0.15, 0.2) is 0 Å². The summed E-state index contributed by atoms with van der Waals surface area (Å²) in [6, 6.07) is 0.835. The number of likely N-dealkylation sites (N-methyl/N-ethyl adjacent to an activating group) is 2. The van der Waals surface area contributed by atoms with Crippen molar-refractivity contribution in [3.8, 4) is 0 Å². The SMILES string of the molecule is CN1CCCC1CN(C)C1COCCC1O. The van der Waals surface area contributed by atoms with Crippen LogP contribution >= 0.6 is 0 Å². The van der Waals surface area contributed by atoms with Gasteiger partial charge in [0.2, 0.25) is 0 Å².